The molecule has 0 unspecified atom stereocenters. The molecule has 29 heavy (non-hydrogen) atoms. The average Bonchev–Trinajstić information content (AvgIpc) is 3.18. The van der Waals surface area contributed by atoms with E-state index in [4.69, 9.17) is 9.47 Å². The first kappa shape index (κ1) is 20.9. The first-order chi connectivity index (χ1) is 14.0. The quantitative estimate of drug-likeness (QED) is 0.519. The maximum atomic E-state index is 13.0. The SMILES string of the molecule is COc1ccccc1OCc1nc(CN(C(=O)c2ccc(C)cc2)C(C)C)cs1. The van der Waals surface area contributed by atoms with E-state index < -0.39 is 0 Å². The Hall–Kier alpha value is -2.86. The lowest BCUT2D eigenvalue weighted by Gasteiger charge is -2.26. The first-order valence-corrected chi connectivity index (χ1v) is 10.4. The highest BCUT2D eigenvalue weighted by Gasteiger charge is 2.20. The zero-order valence-corrected chi connectivity index (χ0v) is 18.0. The molecule has 2 aromatic carbocycles. The lowest BCUT2D eigenvalue weighted by Crippen LogP contribution is -2.36. The van der Waals surface area contributed by atoms with Crippen LogP contribution in [-0.2, 0) is 13.2 Å². The highest BCUT2D eigenvalue weighted by atomic mass is 32.1. The van der Waals surface area contributed by atoms with Crippen molar-refractivity contribution < 1.29 is 14.3 Å². The van der Waals surface area contributed by atoms with E-state index in [1.165, 1.54) is 11.3 Å². The number of nitrogens with zero attached hydrogens (tertiary/aromatic N) is 2. The molecule has 1 heterocycles. The summed E-state index contributed by atoms with van der Waals surface area (Å²) in [4.78, 5) is 19.4. The van der Waals surface area contributed by atoms with Crippen LogP contribution in [0, 0.1) is 6.92 Å². The molecule has 0 atom stereocenters. The van der Waals surface area contributed by atoms with Gasteiger partial charge in [0.1, 0.15) is 11.6 Å². The third-order valence-corrected chi connectivity index (χ3v) is 5.41. The van der Waals surface area contributed by atoms with Crippen molar-refractivity contribution in [1.82, 2.24) is 9.88 Å². The van der Waals surface area contributed by atoms with Gasteiger partial charge in [0.05, 0.1) is 19.3 Å². The highest BCUT2D eigenvalue weighted by Crippen LogP contribution is 2.27. The van der Waals surface area contributed by atoms with E-state index >= 15 is 0 Å². The van der Waals surface area contributed by atoms with E-state index in [0.29, 0.717) is 30.2 Å². The number of benzene rings is 2. The molecule has 3 aromatic rings. The van der Waals surface area contributed by atoms with Crippen molar-refractivity contribution in [2.24, 2.45) is 0 Å². The Balaban J connectivity index is 1.66. The van der Waals surface area contributed by atoms with Gasteiger partial charge in [-0.05, 0) is 45.0 Å². The van der Waals surface area contributed by atoms with Gasteiger partial charge in [-0.25, -0.2) is 4.98 Å². The van der Waals surface area contributed by atoms with Crippen molar-refractivity contribution in [1.29, 1.82) is 0 Å². The molecule has 0 saturated carbocycles. The summed E-state index contributed by atoms with van der Waals surface area (Å²) < 4.78 is 11.2. The van der Waals surface area contributed by atoms with E-state index in [1.807, 2.05) is 79.6 Å². The summed E-state index contributed by atoms with van der Waals surface area (Å²) in [5, 5.41) is 2.84. The molecule has 0 saturated heterocycles. The van der Waals surface area contributed by atoms with E-state index in [9.17, 15) is 4.79 Å². The second-order valence-corrected chi connectivity index (χ2v) is 8.01. The number of methoxy groups -OCH3 is 1. The van der Waals surface area contributed by atoms with Crippen LogP contribution in [0.15, 0.2) is 53.9 Å². The van der Waals surface area contributed by atoms with Gasteiger partial charge in [-0.15, -0.1) is 11.3 Å². The first-order valence-electron chi connectivity index (χ1n) is 9.54. The molecule has 5 nitrogen and oxygen atoms in total. The molecule has 152 valence electrons. The Bertz CT molecular complexity index is 951. The average molecular weight is 411 g/mol. The minimum Gasteiger partial charge on any atom is -0.493 e. The van der Waals surface area contributed by atoms with E-state index in [2.05, 4.69) is 4.98 Å². The summed E-state index contributed by atoms with van der Waals surface area (Å²) in [6.07, 6.45) is 0. The Morgan fingerprint density at radius 1 is 1.10 bits per heavy atom. The van der Waals surface area contributed by atoms with E-state index in [0.717, 1.165) is 16.3 Å². The molecule has 0 aliphatic carbocycles. The van der Waals surface area contributed by atoms with Crippen molar-refractivity contribution in [2.45, 2.75) is 40.0 Å². The fraction of sp³-hybridized carbons (Fsp3) is 0.304. The number of hydrogen-bond acceptors (Lipinski definition) is 5. The fourth-order valence-electron chi connectivity index (χ4n) is 2.89. The minimum absolute atomic E-state index is 0.0137. The standard InChI is InChI=1S/C23H26N2O3S/c1-16(2)25(23(26)18-11-9-17(3)10-12-18)13-19-15-29-22(24-19)14-28-21-8-6-5-7-20(21)27-4/h5-12,15-16H,13-14H2,1-4H3. The number of carbonyl (C=O) groups is 1. The third-order valence-electron chi connectivity index (χ3n) is 4.53. The fourth-order valence-corrected chi connectivity index (χ4v) is 3.59. The zero-order chi connectivity index (χ0) is 20.8. The molecule has 0 spiro atoms. The summed E-state index contributed by atoms with van der Waals surface area (Å²) >= 11 is 1.53. The molecule has 0 bridgehead atoms. The summed E-state index contributed by atoms with van der Waals surface area (Å²) in [5.41, 5.74) is 2.69. The molecular weight excluding hydrogens is 384 g/mol. The number of ether oxygens (including phenoxy) is 2. The van der Waals surface area contributed by atoms with Gasteiger partial charge >= 0.3 is 0 Å². The largest absolute Gasteiger partial charge is 0.493 e. The maximum Gasteiger partial charge on any atom is 0.254 e. The molecule has 6 heteroatoms. The molecule has 0 aliphatic heterocycles. The van der Waals surface area contributed by atoms with Gasteiger partial charge in [-0.1, -0.05) is 29.8 Å². The smallest absolute Gasteiger partial charge is 0.254 e. The number of aromatic nitrogens is 1. The predicted octanol–water partition coefficient (Wildman–Crippen LogP) is 5.09. The maximum absolute atomic E-state index is 13.0. The van der Waals surface area contributed by atoms with Crippen molar-refractivity contribution >= 4 is 17.2 Å². The van der Waals surface area contributed by atoms with Crippen molar-refractivity contribution in [3.63, 3.8) is 0 Å². The van der Waals surface area contributed by atoms with Crippen molar-refractivity contribution in [3.05, 3.63) is 75.7 Å². The summed E-state index contributed by atoms with van der Waals surface area (Å²) in [5.74, 6) is 1.39. The Labute approximate surface area is 175 Å². The monoisotopic (exact) mass is 410 g/mol. The van der Waals surface area contributed by atoms with Crippen LogP contribution in [0.2, 0.25) is 0 Å². The second-order valence-electron chi connectivity index (χ2n) is 7.06. The zero-order valence-electron chi connectivity index (χ0n) is 17.2. The van der Waals surface area contributed by atoms with Crippen molar-refractivity contribution in [3.8, 4) is 11.5 Å². The molecule has 3 rings (SSSR count). The van der Waals surface area contributed by atoms with Crippen LogP contribution in [0.5, 0.6) is 11.5 Å². The number of carbonyl (C=O) groups excluding carboxylic acids is 1. The number of thiazole rings is 1. The van der Waals surface area contributed by atoms with Crippen molar-refractivity contribution in [2.75, 3.05) is 7.11 Å². The molecular formula is C23H26N2O3S. The van der Waals surface area contributed by atoms with Crippen LogP contribution in [0.4, 0.5) is 0 Å². The van der Waals surface area contributed by atoms with Gasteiger partial charge < -0.3 is 14.4 Å². The summed E-state index contributed by atoms with van der Waals surface area (Å²) in [7, 11) is 1.62. The predicted molar refractivity (Wildman–Crippen MR) is 116 cm³/mol. The summed E-state index contributed by atoms with van der Waals surface area (Å²) in [6.45, 7) is 6.88. The number of amides is 1. The molecule has 0 aliphatic rings. The lowest BCUT2D eigenvalue weighted by atomic mass is 10.1. The second kappa shape index (κ2) is 9.56. The Kier molecular flexibility index (Phi) is 6.88. The van der Waals surface area contributed by atoms with Crippen LogP contribution in [0.1, 0.15) is 40.5 Å². The molecule has 0 fully saturated rings. The summed E-state index contributed by atoms with van der Waals surface area (Å²) in [6, 6.07) is 15.3. The number of aryl methyl sites for hydroxylation is 1. The van der Waals surface area contributed by atoms with Gasteiger partial charge in [0, 0.05) is 17.0 Å². The van der Waals surface area contributed by atoms with Gasteiger partial charge in [-0.3, -0.25) is 4.79 Å². The number of hydrogen-bond donors (Lipinski definition) is 0. The van der Waals surface area contributed by atoms with Gasteiger partial charge in [0.25, 0.3) is 5.91 Å². The van der Waals surface area contributed by atoms with Crippen LogP contribution < -0.4 is 9.47 Å². The molecule has 0 radical (unpaired) electrons. The highest BCUT2D eigenvalue weighted by molar-refractivity contribution is 7.09. The van der Waals surface area contributed by atoms with E-state index in [1.54, 1.807) is 7.11 Å². The molecule has 1 aromatic heterocycles. The minimum atomic E-state index is 0.0137. The van der Waals surface area contributed by atoms with Crippen LogP contribution in [0.25, 0.3) is 0 Å². The molecule has 0 N–H and O–H groups in total. The van der Waals surface area contributed by atoms with Crippen LogP contribution in [-0.4, -0.2) is 28.9 Å². The van der Waals surface area contributed by atoms with Crippen LogP contribution >= 0.6 is 11.3 Å². The van der Waals surface area contributed by atoms with Gasteiger partial charge in [0.15, 0.2) is 11.5 Å². The van der Waals surface area contributed by atoms with Gasteiger partial charge in [-0.2, -0.15) is 0 Å². The Morgan fingerprint density at radius 3 is 2.45 bits per heavy atom. The van der Waals surface area contributed by atoms with E-state index in [-0.39, 0.29) is 11.9 Å². The third kappa shape index (κ3) is 5.35. The molecule has 1 amide bonds. The number of para-hydroxylation sites is 2. The normalized spacial score (nSPS) is 10.8. The van der Waals surface area contributed by atoms with Gasteiger partial charge in [0.2, 0.25) is 0 Å². The van der Waals surface area contributed by atoms with Crippen LogP contribution in [0.3, 0.4) is 0 Å². The lowest BCUT2D eigenvalue weighted by molar-refractivity contribution is 0.0688. The topological polar surface area (TPSA) is 51.7 Å². The number of rotatable bonds is 8. The Morgan fingerprint density at radius 2 is 1.79 bits per heavy atom.